The molecule has 2 aromatic rings. The molecule has 0 radical (unpaired) electrons. The minimum atomic E-state index is -0.00776. The Labute approximate surface area is 150 Å². The lowest BCUT2D eigenvalue weighted by Crippen LogP contribution is -2.41. The van der Waals surface area contributed by atoms with Gasteiger partial charge in [-0.2, -0.15) is 0 Å². The highest BCUT2D eigenvalue weighted by atomic mass is 16.5. The van der Waals surface area contributed by atoms with Gasteiger partial charge in [-0.1, -0.05) is 43.3 Å². The van der Waals surface area contributed by atoms with Crippen LogP contribution in [-0.4, -0.2) is 19.1 Å². The van der Waals surface area contributed by atoms with Crippen molar-refractivity contribution in [3.8, 4) is 5.75 Å². The van der Waals surface area contributed by atoms with Crippen LogP contribution in [-0.2, 0) is 5.41 Å². The van der Waals surface area contributed by atoms with Crippen LogP contribution < -0.4 is 10.1 Å². The molecule has 0 bridgehead atoms. The van der Waals surface area contributed by atoms with Crippen molar-refractivity contribution >= 4 is 5.91 Å². The fourth-order valence-electron chi connectivity index (χ4n) is 3.76. The second-order valence-corrected chi connectivity index (χ2v) is 7.36. The molecule has 1 amide bonds. The van der Waals surface area contributed by atoms with Gasteiger partial charge in [-0.05, 0) is 61.3 Å². The van der Waals surface area contributed by atoms with Gasteiger partial charge >= 0.3 is 0 Å². The molecule has 0 heterocycles. The Kier molecular flexibility index (Phi) is 5.12. The van der Waals surface area contributed by atoms with Crippen molar-refractivity contribution in [2.24, 2.45) is 0 Å². The summed E-state index contributed by atoms with van der Waals surface area (Å²) >= 11 is 0. The molecule has 0 aliphatic heterocycles. The molecule has 0 saturated heterocycles. The summed E-state index contributed by atoms with van der Waals surface area (Å²) in [6.07, 6.45) is 4.22. The Morgan fingerprint density at radius 2 is 1.80 bits per heavy atom. The van der Waals surface area contributed by atoms with E-state index < -0.39 is 0 Å². The molecule has 1 N–H and O–H groups in total. The number of aryl methyl sites for hydroxylation is 1. The first-order chi connectivity index (χ1) is 12.0. The third-order valence-corrected chi connectivity index (χ3v) is 5.57. The quantitative estimate of drug-likeness (QED) is 0.883. The lowest BCUT2D eigenvalue weighted by atomic mass is 9.69. The van der Waals surface area contributed by atoms with Crippen LogP contribution in [0, 0.1) is 6.92 Å². The summed E-state index contributed by atoms with van der Waals surface area (Å²) in [5.74, 6) is 0.750. The van der Waals surface area contributed by atoms with Crippen molar-refractivity contribution in [2.75, 3.05) is 7.11 Å². The maximum atomic E-state index is 12.6. The molecule has 1 aliphatic rings. The third kappa shape index (κ3) is 3.87. The number of methoxy groups -OCH3 is 1. The predicted octanol–water partition coefficient (Wildman–Crippen LogP) is 4.63. The van der Waals surface area contributed by atoms with Gasteiger partial charge < -0.3 is 10.1 Å². The molecule has 0 unspecified atom stereocenters. The second-order valence-electron chi connectivity index (χ2n) is 7.36. The molecule has 1 fully saturated rings. The summed E-state index contributed by atoms with van der Waals surface area (Å²) < 4.78 is 5.32. The molecule has 132 valence electrons. The van der Waals surface area contributed by atoms with E-state index in [1.54, 1.807) is 7.11 Å². The maximum absolute atomic E-state index is 12.6. The van der Waals surface area contributed by atoms with Crippen LogP contribution in [0.3, 0.4) is 0 Å². The predicted molar refractivity (Wildman–Crippen MR) is 101 cm³/mol. The summed E-state index contributed by atoms with van der Waals surface area (Å²) in [5.41, 5.74) is 3.33. The minimum Gasteiger partial charge on any atom is -0.496 e. The molecular weight excluding hydrogens is 310 g/mol. The van der Waals surface area contributed by atoms with Crippen LogP contribution in [0.5, 0.6) is 5.75 Å². The molecule has 3 nitrogen and oxygen atoms in total. The topological polar surface area (TPSA) is 38.3 Å². The highest BCUT2D eigenvalue weighted by molar-refractivity contribution is 5.94. The molecule has 0 atom stereocenters. The van der Waals surface area contributed by atoms with E-state index in [1.807, 2.05) is 25.1 Å². The molecule has 1 aliphatic carbocycles. The van der Waals surface area contributed by atoms with E-state index in [0.717, 1.165) is 37.0 Å². The van der Waals surface area contributed by atoms with Crippen molar-refractivity contribution in [2.45, 2.75) is 51.0 Å². The second kappa shape index (κ2) is 7.30. The van der Waals surface area contributed by atoms with Crippen LogP contribution in [0.15, 0.2) is 48.5 Å². The number of nitrogens with one attached hydrogen (secondary N) is 1. The van der Waals surface area contributed by atoms with Crippen LogP contribution in [0.1, 0.15) is 54.1 Å². The van der Waals surface area contributed by atoms with Gasteiger partial charge in [-0.3, -0.25) is 4.79 Å². The number of benzene rings is 2. The average Bonchev–Trinajstić information content (AvgIpc) is 2.65. The van der Waals surface area contributed by atoms with Gasteiger partial charge in [0, 0.05) is 11.6 Å². The molecule has 1 saturated carbocycles. The summed E-state index contributed by atoms with van der Waals surface area (Å²) in [5, 5.41) is 3.20. The zero-order chi connectivity index (χ0) is 17.9. The van der Waals surface area contributed by atoms with Crippen LogP contribution >= 0.6 is 0 Å². The SMILES string of the molecule is COc1cc(C(=O)NC2CCC(C)(c3ccccc3)CC2)ccc1C. The maximum Gasteiger partial charge on any atom is 0.251 e. The molecular formula is C22H27NO2. The van der Waals surface area contributed by atoms with Crippen molar-refractivity contribution in [1.29, 1.82) is 0 Å². The molecule has 25 heavy (non-hydrogen) atoms. The highest BCUT2D eigenvalue weighted by Gasteiger charge is 2.33. The fourth-order valence-corrected chi connectivity index (χ4v) is 3.76. The minimum absolute atomic E-state index is 0.00776. The van der Waals surface area contributed by atoms with Gasteiger partial charge in [0.25, 0.3) is 5.91 Å². The zero-order valence-electron chi connectivity index (χ0n) is 15.3. The van der Waals surface area contributed by atoms with E-state index in [4.69, 9.17) is 4.74 Å². The first-order valence-electron chi connectivity index (χ1n) is 9.03. The van der Waals surface area contributed by atoms with Gasteiger partial charge in [-0.25, -0.2) is 0 Å². The Morgan fingerprint density at radius 1 is 1.12 bits per heavy atom. The number of carbonyl (C=O) groups is 1. The Balaban J connectivity index is 1.61. The van der Waals surface area contributed by atoms with E-state index in [9.17, 15) is 4.79 Å². The summed E-state index contributed by atoms with van der Waals surface area (Å²) in [4.78, 5) is 12.6. The van der Waals surface area contributed by atoms with E-state index in [2.05, 4.69) is 42.6 Å². The van der Waals surface area contributed by atoms with Crippen molar-refractivity contribution in [3.63, 3.8) is 0 Å². The normalized spacial score (nSPS) is 23.1. The smallest absolute Gasteiger partial charge is 0.251 e. The summed E-state index contributed by atoms with van der Waals surface area (Å²) in [7, 11) is 1.63. The van der Waals surface area contributed by atoms with Crippen molar-refractivity contribution < 1.29 is 9.53 Å². The van der Waals surface area contributed by atoms with Gasteiger partial charge in [0.1, 0.15) is 5.75 Å². The van der Waals surface area contributed by atoms with Crippen LogP contribution in [0.2, 0.25) is 0 Å². The van der Waals surface area contributed by atoms with Gasteiger partial charge in [0.2, 0.25) is 0 Å². The highest BCUT2D eigenvalue weighted by Crippen LogP contribution is 2.39. The third-order valence-electron chi connectivity index (χ3n) is 5.57. The van der Waals surface area contributed by atoms with Crippen LogP contribution in [0.25, 0.3) is 0 Å². The van der Waals surface area contributed by atoms with E-state index in [-0.39, 0.29) is 17.4 Å². The number of ether oxygens (including phenoxy) is 1. The van der Waals surface area contributed by atoms with Gasteiger partial charge in [-0.15, -0.1) is 0 Å². The van der Waals surface area contributed by atoms with E-state index in [0.29, 0.717) is 5.56 Å². The molecule has 2 aromatic carbocycles. The average molecular weight is 337 g/mol. The van der Waals surface area contributed by atoms with Crippen LogP contribution in [0.4, 0.5) is 0 Å². The number of carbonyl (C=O) groups excluding carboxylic acids is 1. The molecule has 3 heteroatoms. The standard InChI is InChI=1S/C22H27NO2/c1-16-9-10-17(15-20(16)25-3)21(24)23-19-11-13-22(2,14-12-19)18-7-5-4-6-8-18/h4-10,15,19H,11-14H2,1-3H3,(H,23,24). The lowest BCUT2D eigenvalue weighted by Gasteiger charge is -2.38. The lowest BCUT2D eigenvalue weighted by molar-refractivity contribution is 0.0918. The fraction of sp³-hybridized carbons (Fsp3) is 0.409. The van der Waals surface area contributed by atoms with E-state index in [1.165, 1.54) is 5.56 Å². The first kappa shape index (κ1) is 17.5. The Bertz CT molecular complexity index is 731. The number of rotatable bonds is 4. The van der Waals surface area contributed by atoms with Gasteiger partial charge in [0.05, 0.1) is 7.11 Å². The van der Waals surface area contributed by atoms with Crippen molar-refractivity contribution in [1.82, 2.24) is 5.32 Å². The first-order valence-corrected chi connectivity index (χ1v) is 9.03. The molecule has 3 rings (SSSR count). The molecule has 0 aromatic heterocycles. The Hall–Kier alpha value is -2.29. The number of amides is 1. The number of hydrogen-bond donors (Lipinski definition) is 1. The summed E-state index contributed by atoms with van der Waals surface area (Å²) in [6.45, 7) is 4.32. The van der Waals surface area contributed by atoms with E-state index >= 15 is 0 Å². The van der Waals surface area contributed by atoms with Crippen molar-refractivity contribution in [3.05, 3.63) is 65.2 Å². The summed E-state index contributed by atoms with van der Waals surface area (Å²) in [6, 6.07) is 16.6. The largest absolute Gasteiger partial charge is 0.496 e. The molecule has 0 spiro atoms. The number of hydrogen-bond acceptors (Lipinski definition) is 2. The Morgan fingerprint density at radius 3 is 2.44 bits per heavy atom. The monoisotopic (exact) mass is 337 g/mol. The zero-order valence-corrected chi connectivity index (χ0v) is 15.3. The van der Waals surface area contributed by atoms with Gasteiger partial charge in [0.15, 0.2) is 0 Å².